The molecule has 4 aromatic heterocycles. The second-order valence-corrected chi connectivity index (χ2v) is 7.09. The molecule has 0 saturated heterocycles. The van der Waals surface area contributed by atoms with Crippen molar-refractivity contribution in [1.29, 1.82) is 0 Å². The average Bonchev–Trinajstić information content (AvgIpc) is 3.36. The largest absolute Gasteiger partial charge is 0.306 e. The van der Waals surface area contributed by atoms with E-state index in [1.54, 1.807) is 30.1 Å². The molecule has 0 aliphatic carbocycles. The van der Waals surface area contributed by atoms with E-state index in [1.165, 1.54) is 6.07 Å². The molecule has 1 aromatic carbocycles. The van der Waals surface area contributed by atoms with Gasteiger partial charge in [-0.25, -0.2) is 19.3 Å². The zero-order valence-corrected chi connectivity index (χ0v) is 15.2. The van der Waals surface area contributed by atoms with Crippen molar-refractivity contribution in [2.45, 2.75) is 13.0 Å². The molecular formula is C20H14FN5S. The molecule has 132 valence electrons. The molecule has 5 nitrogen and oxygen atoms in total. The van der Waals surface area contributed by atoms with Crippen LogP contribution in [0.3, 0.4) is 0 Å². The molecule has 0 N–H and O–H groups in total. The molecule has 0 spiro atoms. The van der Waals surface area contributed by atoms with Crippen LogP contribution in [0.2, 0.25) is 0 Å². The summed E-state index contributed by atoms with van der Waals surface area (Å²) in [4.78, 5) is 17.7. The fourth-order valence-electron chi connectivity index (χ4n) is 3.22. The van der Waals surface area contributed by atoms with Crippen LogP contribution in [0.5, 0.6) is 0 Å². The topological polar surface area (TPSA) is 56.5 Å². The van der Waals surface area contributed by atoms with Crippen molar-refractivity contribution < 1.29 is 4.39 Å². The predicted octanol–water partition coefficient (Wildman–Crippen LogP) is 4.85. The third-order valence-corrected chi connectivity index (χ3v) is 5.37. The first-order valence-electron chi connectivity index (χ1n) is 8.47. The van der Waals surface area contributed by atoms with Gasteiger partial charge in [0.15, 0.2) is 11.3 Å². The Morgan fingerprint density at radius 1 is 1.15 bits per heavy atom. The molecule has 0 aliphatic heterocycles. The van der Waals surface area contributed by atoms with Gasteiger partial charge in [-0.1, -0.05) is 6.07 Å². The summed E-state index contributed by atoms with van der Waals surface area (Å²) in [5, 5.41) is 4.92. The molecule has 0 radical (unpaired) electrons. The molecule has 0 amide bonds. The van der Waals surface area contributed by atoms with E-state index in [2.05, 4.69) is 15.0 Å². The minimum atomic E-state index is -0.294. The lowest BCUT2D eigenvalue weighted by Gasteiger charge is -2.16. The maximum atomic E-state index is 14.8. The van der Waals surface area contributed by atoms with Gasteiger partial charge >= 0.3 is 0 Å². The highest BCUT2D eigenvalue weighted by Gasteiger charge is 2.18. The Labute approximate surface area is 158 Å². The van der Waals surface area contributed by atoms with Crippen LogP contribution in [0.1, 0.15) is 18.5 Å². The third-order valence-electron chi connectivity index (χ3n) is 4.69. The van der Waals surface area contributed by atoms with Crippen molar-refractivity contribution in [2.24, 2.45) is 0 Å². The Morgan fingerprint density at radius 3 is 2.93 bits per heavy atom. The van der Waals surface area contributed by atoms with Gasteiger partial charge in [0, 0.05) is 34.2 Å². The molecule has 0 saturated carbocycles. The van der Waals surface area contributed by atoms with Gasteiger partial charge in [0.05, 0.1) is 29.8 Å². The maximum absolute atomic E-state index is 14.8. The number of thiophene rings is 1. The summed E-state index contributed by atoms with van der Waals surface area (Å²) >= 11 is 1.61. The van der Waals surface area contributed by atoms with Gasteiger partial charge in [-0.15, -0.1) is 0 Å². The SMILES string of the molecule is CC(c1cc2cccnc2cc1F)n1cnc2ncc(-c3ccsc3)nc21. The number of hydrogen-bond donors (Lipinski definition) is 0. The van der Waals surface area contributed by atoms with Gasteiger partial charge in [0.2, 0.25) is 0 Å². The Morgan fingerprint density at radius 2 is 2.07 bits per heavy atom. The number of imidazole rings is 1. The Hall–Kier alpha value is -3.19. The molecule has 0 aliphatic rings. The number of fused-ring (bicyclic) bond motifs is 2. The molecule has 7 heteroatoms. The number of benzene rings is 1. The molecule has 1 unspecified atom stereocenters. The molecular weight excluding hydrogens is 361 g/mol. The Balaban J connectivity index is 1.64. The van der Waals surface area contributed by atoms with Gasteiger partial charge < -0.3 is 4.57 Å². The summed E-state index contributed by atoms with van der Waals surface area (Å²) in [6.45, 7) is 1.93. The monoisotopic (exact) mass is 375 g/mol. The van der Waals surface area contributed by atoms with Gasteiger partial charge in [0.25, 0.3) is 0 Å². The second-order valence-electron chi connectivity index (χ2n) is 6.31. The number of pyridine rings is 1. The van der Waals surface area contributed by atoms with Crippen LogP contribution in [0.4, 0.5) is 4.39 Å². The van der Waals surface area contributed by atoms with Crippen LogP contribution < -0.4 is 0 Å². The molecule has 4 heterocycles. The van der Waals surface area contributed by atoms with Crippen molar-refractivity contribution in [3.63, 3.8) is 0 Å². The quantitative estimate of drug-likeness (QED) is 0.452. The number of rotatable bonds is 3. The number of halogens is 1. The van der Waals surface area contributed by atoms with Gasteiger partial charge in [-0.2, -0.15) is 11.3 Å². The van der Waals surface area contributed by atoms with E-state index < -0.39 is 0 Å². The summed E-state index contributed by atoms with van der Waals surface area (Å²) < 4.78 is 16.6. The van der Waals surface area contributed by atoms with Crippen molar-refractivity contribution in [2.75, 3.05) is 0 Å². The molecule has 0 fully saturated rings. The van der Waals surface area contributed by atoms with E-state index >= 15 is 0 Å². The number of aromatic nitrogens is 5. The smallest absolute Gasteiger partial charge is 0.197 e. The van der Waals surface area contributed by atoms with Crippen molar-refractivity contribution in [3.8, 4) is 11.3 Å². The van der Waals surface area contributed by atoms with Crippen molar-refractivity contribution in [3.05, 3.63) is 71.2 Å². The first kappa shape index (κ1) is 16.0. The molecule has 5 rings (SSSR count). The lowest BCUT2D eigenvalue weighted by Crippen LogP contribution is -2.09. The van der Waals surface area contributed by atoms with Crippen LogP contribution in [-0.4, -0.2) is 24.5 Å². The van der Waals surface area contributed by atoms with Crippen molar-refractivity contribution >= 4 is 33.5 Å². The number of nitrogens with zero attached hydrogens (tertiary/aromatic N) is 5. The Kier molecular flexibility index (Phi) is 3.68. The summed E-state index contributed by atoms with van der Waals surface area (Å²) in [5.41, 5.74) is 4.18. The first-order valence-corrected chi connectivity index (χ1v) is 9.41. The highest BCUT2D eigenvalue weighted by atomic mass is 32.1. The minimum absolute atomic E-state index is 0.286. The zero-order chi connectivity index (χ0) is 18.4. The van der Waals surface area contributed by atoms with Crippen LogP contribution in [0.15, 0.2) is 59.8 Å². The minimum Gasteiger partial charge on any atom is -0.306 e. The van der Waals surface area contributed by atoms with Crippen LogP contribution in [-0.2, 0) is 0 Å². The van der Waals surface area contributed by atoms with Gasteiger partial charge in [-0.3, -0.25) is 4.98 Å². The van der Waals surface area contributed by atoms with Crippen LogP contribution in [0.25, 0.3) is 33.5 Å². The molecule has 5 aromatic rings. The lowest BCUT2D eigenvalue weighted by atomic mass is 10.0. The summed E-state index contributed by atoms with van der Waals surface area (Å²) in [6.07, 6.45) is 5.05. The summed E-state index contributed by atoms with van der Waals surface area (Å²) in [6, 6.07) is 8.80. The highest BCUT2D eigenvalue weighted by Crippen LogP contribution is 2.28. The van der Waals surface area contributed by atoms with Gasteiger partial charge in [0.1, 0.15) is 5.82 Å². The fraction of sp³-hybridized carbons (Fsp3) is 0.100. The first-order chi connectivity index (χ1) is 13.2. The average molecular weight is 375 g/mol. The summed E-state index contributed by atoms with van der Waals surface area (Å²) in [5.74, 6) is -0.294. The third kappa shape index (κ3) is 2.67. The van der Waals surface area contributed by atoms with Crippen molar-refractivity contribution in [1.82, 2.24) is 24.5 Å². The van der Waals surface area contributed by atoms with E-state index in [-0.39, 0.29) is 11.9 Å². The maximum Gasteiger partial charge on any atom is 0.197 e. The second kappa shape index (κ2) is 6.21. The Bertz CT molecular complexity index is 1260. The molecule has 1 atom stereocenters. The van der Waals surface area contributed by atoms with Gasteiger partial charge in [-0.05, 0) is 30.5 Å². The van der Waals surface area contributed by atoms with E-state index in [9.17, 15) is 4.39 Å². The lowest BCUT2D eigenvalue weighted by molar-refractivity contribution is 0.564. The number of hydrogen-bond acceptors (Lipinski definition) is 5. The predicted molar refractivity (Wildman–Crippen MR) is 104 cm³/mol. The van der Waals surface area contributed by atoms with E-state index in [0.717, 1.165) is 16.6 Å². The standard InChI is InChI=1S/C20H14FN5S/c1-12(15-7-13-3-2-5-22-17(13)8-16(15)21)26-11-24-19-20(26)25-18(9-23-19)14-4-6-27-10-14/h2-12H,1H3. The highest BCUT2D eigenvalue weighted by molar-refractivity contribution is 7.08. The normalized spacial score (nSPS) is 12.7. The molecule has 0 bridgehead atoms. The van der Waals surface area contributed by atoms with E-state index in [1.807, 2.05) is 46.5 Å². The molecule has 27 heavy (non-hydrogen) atoms. The fourth-order valence-corrected chi connectivity index (χ4v) is 3.87. The van der Waals surface area contributed by atoms with E-state index in [0.29, 0.717) is 22.4 Å². The summed E-state index contributed by atoms with van der Waals surface area (Å²) in [7, 11) is 0. The van der Waals surface area contributed by atoms with Crippen LogP contribution >= 0.6 is 11.3 Å². The zero-order valence-electron chi connectivity index (χ0n) is 14.4. The van der Waals surface area contributed by atoms with E-state index in [4.69, 9.17) is 4.98 Å². The van der Waals surface area contributed by atoms with Crippen LogP contribution in [0, 0.1) is 5.82 Å².